The molecular formula is C33H49N5O6. The van der Waals surface area contributed by atoms with Gasteiger partial charge in [-0.3, -0.25) is 24.1 Å². The summed E-state index contributed by atoms with van der Waals surface area (Å²) in [5.41, 5.74) is 0.707. The Morgan fingerprint density at radius 3 is 2.57 bits per heavy atom. The number of hydrogen-bond acceptors (Lipinski definition) is 7. The number of rotatable bonds is 9. The van der Waals surface area contributed by atoms with E-state index in [4.69, 9.17) is 9.47 Å². The maximum absolute atomic E-state index is 14.4. The van der Waals surface area contributed by atoms with E-state index in [9.17, 15) is 19.2 Å². The molecule has 2 bridgehead atoms. The molecule has 44 heavy (non-hydrogen) atoms. The van der Waals surface area contributed by atoms with Crippen LogP contribution in [0.5, 0.6) is 11.5 Å². The van der Waals surface area contributed by atoms with Gasteiger partial charge in [-0.2, -0.15) is 0 Å². The minimum absolute atomic E-state index is 0.0865. The molecule has 3 aliphatic rings. The number of ether oxygens (including phenoxy) is 2. The Balaban J connectivity index is 1.69. The SMILES string of the molecule is CCC(C)[C@H](C(=O)NC(CC(C)C)C(=O)N1CC[C@@H]2Oc3ccc(OC)c(c3)/C=C\NC(=O)[C@@H]3CCCN3C(=O)[C@H]21)N(C)C. The summed E-state index contributed by atoms with van der Waals surface area (Å²) < 4.78 is 11.9. The molecule has 0 saturated carbocycles. The number of carbonyl (C=O) groups excluding carboxylic acids is 4. The molecular weight excluding hydrogens is 562 g/mol. The van der Waals surface area contributed by atoms with Crippen LogP contribution in [0.2, 0.25) is 0 Å². The van der Waals surface area contributed by atoms with Crippen molar-refractivity contribution in [3.8, 4) is 11.5 Å². The summed E-state index contributed by atoms with van der Waals surface area (Å²) in [5, 5.41) is 5.88. The molecule has 3 aliphatic heterocycles. The Bertz CT molecular complexity index is 1250. The van der Waals surface area contributed by atoms with Crippen LogP contribution in [0.25, 0.3) is 6.08 Å². The van der Waals surface area contributed by atoms with Gasteiger partial charge < -0.3 is 29.9 Å². The molecule has 6 atom stereocenters. The van der Waals surface area contributed by atoms with Crippen molar-refractivity contribution in [2.24, 2.45) is 11.8 Å². The third-order valence-electron chi connectivity index (χ3n) is 9.02. The van der Waals surface area contributed by atoms with Crippen LogP contribution in [-0.2, 0) is 19.2 Å². The third-order valence-corrected chi connectivity index (χ3v) is 9.02. The molecule has 2 saturated heterocycles. The predicted octanol–water partition coefficient (Wildman–Crippen LogP) is 2.64. The predicted molar refractivity (Wildman–Crippen MR) is 168 cm³/mol. The lowest BCUT2D eigenvalue weighted by atomic mass is 9.96. The molecule has 11 heteroatoms. The number of amides is 4. The number of nitrogens with one attached hydrogen (secondary N) is 2. The third kappa shape index (κ3) is 7.20. The van der Waals surface area contributed by atoms with Crippen molar-refractivity contribution >= 4 is 29.7 Å². The van der Waals surface area contributed by atoms with Gasteiger partial charge in [-0.25, -0.2) is 0 Å². The van der Waals surface area contributed by atoms with E-state index in [1.165, 1.54) is 0 Å². The zero-order valence-corrected chi connectivity index (χ0v) is 27.2. The Morgan fingerprint density at radius 1 is 1.16 bits per heavy atom. The van der Waals surface area contributed by atoms with Gasteiger partial charge in [0.1, 0.15) is 35.7 Å². The van der Waals surface area contributed by atoms with Crippen LogP contribution < -0.4 is 20.1 Å². The topological polar surface area (TPSA) is 121 Å². The second kappa shape index (κ2) is 14.5. The lowest BCUT2D eigenvalue weighted by Crippen LogP contribution is -2.60. The van der Waals surface area contributed by atoms with E-state index >= 15 is 0 Å². The number of hydrogen-bond donors (Lipinski definition) is 2. The maximum atomic E-state index is 14.4. The molecule has 242 valence electrons. The monoisotopic (exact) mass is 611 g/mol. The highest BCUT2D eigenvalue weighted by Crippen LogP contribution is 2.32. The van der Waals surface area contributed by atoms with Crippen LogP contribution in [0.15, 0.2) is 24.4 Å². The molecule has 2 unspecified atom stereocenters. The van der Waals surface area contributed by atoms with Gasteiger partial charge in [0.15, 0.2) is 0 Å². The van der Waals surface area contributed by atoms with E-state index in [-0.39, 0.29) is 35.5 Å². The van der Waals surface area contributed by atoms with Crippen molar-refractivity contribution < 1.29 is 28.7 Å². The Labute approximate surface area is 261 Å². The Morgan fingerprint density at radius 2 is 1.91 bits per heavy atom. The van der Waals surface area contributed by atoms with Crippen LogP contribution in [0.4, 0.5) is 0 Å². The number of methoxy groups -OCH3 is 1. The van der Waals surface area contributed by atoms with Crippen LogP contribution >= 0.6 is 0 Å². The zero-order chi connectivity index (χ0) is 32.1. The van der Waals surface area contributed by atoms with Gasteiger partial charge in [0, 0.05) is 31.3 Å². The molecule has 2 N–H and O–H groups in total. The van der Waals surface area contributed by atoms with Gasteiger partial charge in [0.25, 0.3) is 0 Å². The average molecular weight is 612 g/mol. The summed E-state index contributed by atoms with van der Waals surface area (Å²) in [7, 11) is 5.31. The van der Waals surface area contributed by atoms with Crippen LogP contribution in [0, 0.1) is 11.8 Å². The summed E-state index contributed by atoms with van der Waals surface area (Å²) in [4.78, 5) is 60.5. The first kappa shape index (κ1) is 33.3. The highest BCUT2D eigenvalue weighted by molar-refractivity contribution is 5.96. The number of likely N-dealkylation sites (tertiary alicyclic amines) is 1. The summed E-state index contributed by atoms with van der Waals surface area (Å²) in [6.07, 6.45) is 5.54. The summed E-state index contributed by atoms with van der Waals surface area (Å²) >= 11 is 0. The molecule has 1 aromatic rings. The smallest absolute Gasteiger partial charge is 0.249 e. The summed E-state index contributed by atoms with van der Waals surface area (Å²) in [6.45, 7) is 8.79. The standard InChI is InChI=1S/C33H49N5O6/c1-8-21(4)28(36(5)6)31(40)35-24(18-20(2)3)32(41)38-17-14-27-29(38)33(42)37-16-9-10-25(37)30(39)34-15-13-22-19-23(44-27)11-12-26(22)43-7/h11-13,15,19-21,24-25,27-29H,8-10,14,16-18H2,1-7H3,(H,34,39)(H,35,40)/b15-13-/t21?,24?,25-,27-,28+,29-/m0/s1. The Kier molecular flexibility index (Phi) is 10.9. The van der Waals surface area contributed by atoms with Crippen LogP contribution in [-0.4, -0.2) is 103 Å². The molecule has 0 aliphatic carbocycles. The number of benzene rings is 1. The second-order valence-electron chi connectivity index (χ2n) is 12.8. The number of carbonyl (C=O) groups is 4. The fraction of sp³-hybridized carbons (Fsp3) is 0.636. The van der Waals surface area contributed by atoms with E-state index in [0.29, 0.717) is 55.8 Å². The zero-order valence-electron chi connectivity index (χ0n) is 27.2. The number of nitrogens with zero attached hydrogens (tertiary/aromatic N) is 3. The number of fused-ring (bicyclic) bond motifs is 4. The maximum Gasteiger partial charge on any atom is 0.249 e. The molecule has 4 amide bonds. The molecule has 3 heterocycles. The van der Waals surface area contributed by atoms with Gasteiger partial charge in [-0.05, 0) is 69.5 Å². The molecule has 0 radical (unpaired) electrons. The van der Waals surface area contributed by atoms with Crippen molar-refractivity contribution in [2.75, 3.05) is 34.3 Å². The highest BCUT2D eigenvalue weighted by atomic mass is 16.5. The normalized spacial score (nSPS) is 24.6. The van der Waals surface area contributed by atoms with Crippen molar-refractivity contribution in [2.45, 2.75) is 90.1 Å². The molecule has 11 nitrogen and oxygen atoms in total. The van der Waals surface area contributed by atoms with Crippen LogP contribution in [0.1, 0.15) is 65.4 Å². The van der Waals surface area contributed by atoms with Crippen molar-refractivity contribution in [1.82, 2.24) is 25.3 Å². The molecule has 0 spiro atoms. The minimum atomic E-state index is -0.944. The first-order valence-electron chi connectivity index (χ1n) is 15.9. The van der Waals surface area contributed by atoms with Gasteiger partial charge in [0.2, 0.25) is 23.6 Å². The lowest BCUT2D eigenvalue weighted by Gasteiger charge is -2.36. The van der Waals surface area contributed by atoms with E-state index in [1.54, 1.807) is 47.4 Å². The van der Waals surface area contributed by atoms with Crippen molar-refractivity contribution in [3.63, 3.8) is 0 Å². The van der Waals surface area contributed by atoms with Crippen molar-refractivity contribution in [1.29, 1.82) is 0 Å². The fourth-order valence-corrected chi connectivity index (χ4v) is 6.68. The second-order valence-corrected chi connectivity index (χ2v) is 12.8. The Hall–Kier alpha value is -3.60. The molecule has 0 aromatic heterocycles. The molecule has 4 rings (SSSR count). The van der Waals surface area contributed by atoms with Gasteiger partial charge in [0.05, 0.1) is 13.2 Å². The van der Waals surface area contributed by atoms with Gasteiger partial charge in [-0.1, -0.05) is 34.1 Å². The van der Waals surface area contributed by atoms with E-state index in [2.05, 4.69) is 10.6 Å². The first-order chi connectivity index (χ1) is 21.0. The fourth-order valence-electron chi connectivity index (χ4n) is 6.68. The lowest BCUT2D eigenvalue weighted by molar-refractivity contribution is -0.150. The van der Waals surface area contributed by atoms with Crippen LogP contribution in [0.3, 0.4) is 0 Å². The number of likely N-dealkylation sites (N-methyl/N-ethyl adjacent to an activating group) is 1. The summed E-state index contributed by atoms with van der Waals surface area (Å²) in [6, 6.07) is 2.54. The van der Waals surface area contributed by atoms with Crippen molar-refractivity contribution in [3.05, 3.63) is 30.0 Å². The average Bonchev–Trinajstić information content (AvgIpc) is 3.63. The van der Waals surface area contributed by atoms with Gasteiger partial charge in [-0.15, -0.1) is 0 Å². The first-order valence-corrected chi connectivity index (χ1v) is 15.9. The summed E-state index contributed by atoms with van der Waals surface area (Å²) in [5.74, 6) is 0.245. The largest absolute Gasteiger partial charge is 0.496 e. The van der Waals surface area contributed by atoms with E-state index < -0.39 is 30.3 Å². The van der Waals surface area contributed by atoms with Gasteiger partial charge >= 0.3 is 0 Å². The molecule has 2 fully saturated rings. The molecule has 1 aromatic carbocycles. The van der Waals surface area contributed by atoms with E-state index in [0.717, 1.165) is 6.42 Å². The quantitative estimate of drug-likeness (QED) is 0.441. The minimum Gasteiger partial charge on any atom is -0.496 e. The highest BCUT2D eigenvalue weighted by Gasteiger charge is 2.49. The van der Waals surface area contributed by atoms with E-state index in [1.807, 2.05) is 46.7 Å².